The number of carbonyl (C=O) groups excluding carboxylic acids is 2. The van der Waals surface area contributed by atoms with Gasteiger partial charge in [-0.05, 0) is 51.9 Å². The lowest BCUT2D eigenvalue weighted by Crippen LogP contribution is -2.45. The standard InChI is InChI=1S/2C11H20O3/c1-10(2,3)11(9(12)14-13)7-5-4-6-8-11;1-11(2,3)14-13-10(12)9-7-5-4-6-8-9/h13H,4-8H2,1-3H3;9H,4-8H2,1-3H3. The Balaban J connectivity index is 0.000000280. The molecule has 2 saturated carbocycles. The molecule has 0 amide bonds. The summed E-state index contributed by atoms with van der Waals surface area (Å²) in [4.78, 5) is 36.9. The van der Waals surface area contributed by atoms with Crippen LogP contribution < -0.4 is 0 Å². The Bertz CT molecular complexity index is 488. The maximum Gasteiger partial charge on any atom is 0.348 e. The first kappa shape index (κ1) is 24.9. The minimum atomic E-state index is -0.486. The lowest BCUT2D eigenvalue weighted by molar-refractivity contribution is -0.323. The lowest BCUT2D eigenvalue weighted by atomic mass is 9.59. The van der Waals surface area contributed by atoms with Gasteiger partial charge < -0.3 is 4.89 Å². The topological polar surface area (TPSA) is 82.1 Å². The van der Waals surface area contributed by atoms with Crippen molar-refractivity contribution in [3.05, 3.63) is 0 Å². The maximum absolute atomic E-state index is 11.7. The molecule has 0 saturated heterocycles. The highest BCUT2D eigenvalue weighted by Gasteiger charge is 2.50. The zero-order valence-electron chi connectivity index (χ0n) is 18.6. The molecule has 1 N–H and O–H groups in total. The highest BCUT2D eigenvalue weighted by molar-refractivity contribution is 5.77. The molecule has 0 aromatic rings. The third-order valence-corrected chi connectivity index (χ3v) is 5.93. The molecule has 0 spiro atoms. The van der Waals surface area contributed by atoms with Gasteiger partial charge >= 0.3 is 11.9 Å². The number of rotatable bonds is 3. The third-order valence-electron chi connectivity index (χ3n) is 5.93. The first-order chi connectivity index (χ1) is 12.9. The molecule has 0 atom stereocenters. The van der Waals surface area contributed by atoms with Crippen molar-refractivity contribution < 1.29 is 29.5 Å². The fraction of sp³-hybridized carbons (Fsp3) is 0.909. The molecule has 2 fully saturated rings. The summed E-state index contributed by atoms with van der Waals surface area (Å²) in [6, 6.07) is 0. The predicted octanol–water partition coefficient (Wildman–Crippen LogP) is 5.84. The molecule has 0 aromatic heterocycles. The first-order valence-electron chi connectivity index (χ1n) is 10.7. The van der Waals surface area contributed by atoms with Gasteiger partial charge in [0.2, 0.25) is 0 Å². The average molecular weight is 401 g/mol. The van der Waals surface area contributed by atoms with E-state index < -0.39 is 17.0 Å². The Hall–Kier alpha value is -1.14. The van der Waals surface area contributed by atoms with E-state index >= 15 is 0 Å². The molecule has 0 bridgehead atoms. The Morgan fingerprint density at radius 3 is 1.79 bits per heavy atom. The summed E-state index contributed by atoms with van der Waals surface area (Å²) in [5.74, 6) is -0.588. The van der Waals surface area contributed by atoms with E-state index in [0.717, 1.165) is 51.4 Å². The van der Waals surface area contributed by atoms with Crippen LogP contribution in [0.15, 0.2) is 0 Å². The summed E-state index contributed by atoms with van der Waals surface area (Å²) >= 11 is 0. The van der Waals surface area contributed by atoms with Gasteiger partial charge in [-0.15, -0.1) is 0 Å². The zero-order valence-corrected chi connectivity index (χ0v) is 18.6. The van der Waals surface area contributed by atoms with Gasteiger partial charge in [-0.3, -0.25) is 4.89 Å². The minimum Gasteiger partial charge on any atom is -0.300 e. The van der Waals surface area contributed by atoms with E-state index in [9.17, 15) is 9.59 Å². The largest absolute Gasteiger partial charge is 0.348 e. The molecule has 164 valence electrons. The number of hydrogen-bond donors (Lipinski definition) is 1. The predicted molar refractivity (Wildman–Crippen MR) is 107 cm³/mol. The van der Waals surface area contributed by atoms with Gasteiger partial charge in [0.25, 0.3) is 0 Å². The summed E-state index contributed by atoms with van der Waals surface area (Å²) < 4.78 is 0. The normalized spacial score (nSPS) is 20.5. The smallest absolute Gasteiger partial charge is 0.300 e. The molecular formula is C22H40O6. The van der Waals surface area contributed by atoms with Gasteiger partial charge in [0.05, 0.1) is 11.3 Å². The fourth-order valence-electron chi connectivity index (χ4n) is 4.08. The van der Waals surface area contributed by atoms with Crippen molar-refractivity contribution in [2.45, 2.75) is 111 Å². The molecule has 0 heterocycles. The van der Waals surface area contributed by atoms with E-state index in [4.69, 9.17) is 15.0 Å². The Labute approximate surface area is 170 Å². The average Bonchev–Trinajstić information content (AvgIpc) is 2.65. The van der Waals surface area contributed by atoms with Crippen LogP contribution in [-0.4, -0.2) is 22.8 Å². The summed E-state index contributed by atoms with van der Waals surface area (Å²) in [6.45, 7) is 11.7. The summed E-state index contributed by atoms with van der Waals surface area (Å²) in [7, 11) is 0. The highest BCUT2D eigenvalue weighted by Crippen LogP contribution is 2.50. The molecule has 6 heteroatoms. The Kier molecular flexibility index (Phi) is 9.41. The van der Waals surface area contributed by atoms with Crippen LogP contribution in [-0.2, 0) is 24.3 Å². The van der Waals surface area contributed by atoms with Gasteiger partial charge in [0.1, 0.15) is 5.60 Å². The molecule has 0 radical (unpaired) electrons. The first-order valence-corrected chi connectivity index (χ1v) is 10.7. The minimum absolute atomic E-state index is 0.0612. The van der Waals surface area contributed by atoms with Crippen LogP contribution in [0.5, 0.6) is 0 Å². The van der Waals surface area contributed by atoms with Crippen molar-refractivity contribution in [1.82, 2.24) is 0 Å². The SMILES string of the molecule is CC(C)(C)C1(C(=O)OO)CCCCC1.CC(C)(C)OOC(=O)C1CCCCC1. The monoisotopic (exact) mass is 400 g/mol. The van der Waals surface area contributed by atoms with Gasteiger partial charge in [-0.1, -0.05) is 59.3 Å². The molecule has 6 nitrogen and oxygen atoms in total. The Morgan fingerprint density at radius 2 is 1.36 bits per heavy atom. The van der Waals surface area contributed by atoms with Crippen molar-refractivity contribution >= 4 is 11.9 Å². The quantitative estimate of drug-likeness (QED) is 0.473. The highest BCUT2D eigenvalue weighted by atomic mass is 17.2. The van der Waals surface area contributed by atoms with E-state index in [0.29, 0.717) is 0 Å². The molecule has 2 rings (SSSR count). The summed E-state index contributed by atoms with van der Waals surface area (Å²) in [5.41, 5.74) is -1.04. The summed E-state index contributed by atoms with van der Waals surface area (Å²) in [6.07, 6.45) is 10.3. The van der Waals surface area contributed by atoms with Crippen LogP contribution in [0.1, 0.15) is 106 Å². The van der Waals surface area contributed by atoms with E-state index in [-0.39, 0.29) is 17.3 Å². The van der Waals surface area contributed by atoms with E-state index in [1.54, 1.807) is 0 Å². The van der Waals surface area contributed by atoms with Crippen LogP contribution in [0.2, 0.25) is 0 Å². The Morgan fingerprint density at radius 1 is 0.857 bits per heavy atom. The summed E-state index contributed by atoms with van der Waals surface area (Å²) in [5, 5.41) is 8.57. The molecule has 2 aliphatic carbocycles. The van der Waals surface area contributed by atoms with Gasteiger partial charge in [0.15, 0.2) is 0 Å². The second-order valence-electron chi connectivity index (χ2n) is 10.2. The van der Waals surface area contributed by atoms with Crippen molar-refractivity contribution in [3.8, 4) is 0 Å². The lowest BCUT2D eigenvalue weighted by Gasteiger charge is -2.44. The van der Waals surface area contributed by atoms with E-state index in [1.807, 2.05) is 41.5 Å². The van der Waals surface area contributed by atoms with Gasteiger partial charge in [0, 0.05) is 0 Å². The molecule has 0 unspecified atom stereocenters. The van der Waals surface area contributed by atoms with Crippen LogP contribution in [0.3, 0.4) is 0 Å². The molecule has 0 aromatic carbocycles. The van der Waals surface area contributed by atoms with Crippen molar-refractivity contribution in [3.63, 3.8) is 0 Å². The van der Waals surface area contributed by atoms with Crippen LogP contribution >= 0.6 is 0 Å². The fourth-order valence-corrected chi connectivity index (χ4v) is 4.08. The number of carbonyl (C=O) groups is 2. The van der Waals surface area contributed by atoms with Gasteiger partial charge in [-0.2, -0.15) is 10.1 Å². The number of hydrogen-bond acceptors (Lipinski definition) is 6. The zero-order chi connectivity index (χ0) is 21.4. The van der Waals surface area contributed by atoms with Crippen molar-refractivity contribution in [2.75, 3.05) is 0 Å². The van der Waals surface area contributed by atoms with E-state index in [1.165, 1.54) is 12.8 Å². The molecule has 2 aliphatic rings. The third kappa shape index (κ3) is 7.36. The maximum atomic E-state index is 11.7. The molecular weight excluding hydrogens is 360 g/mol. The molecule has 0 aliphatic heterocycles. The van der Waals surface area contributed by atoms with Crippen LogP contribution in [0.4, 0.5) is 0 Å². The second-order valence-corrected chi connectivity index (χ2v) is 10.2. The van der Waals surface area contributed by atoms with Crippen LogP contribution in [0.25, 0.3) is 0 Å². The van der Waals surface area contributed by atoms with Crippen molar-refractivity contribution in [2.24, 2.45) is 16.7 Å². The van der Waals surface area contributed by atoms with E-state index in [2.05, 4.69) is 4.89 Å². The second kappa shape index (κ2) is 10.6. The molecule has 28 heavy (non-hydrogen) atoms. The van der Waals surface area contributed by atoms with Gasteiger partial charge in [-0.25, -0.2) is 9.59 Å². The van der Waals surface area contributed by atoms with Crippen LogP contribution in [0, 0.1) is 16.7 Å². The van der Waals surface area contributed by atoms with Crippen molar-refractivity contribution in [1.29, 1.82) is 0 Å².